The molecule has 192 valence electrons. The van der Waals surface area contributed by atoms with Crippen LogP contribution >= 0.6 is 0 Å². The van der Waals surface area contributed by atoms with Gasteiger partial charge >= 0.3 is 0 Å². The summed E-state index contributed by atoms with van der Waals surface area (Å²) in [6.07, 6.45) is 7.43. The number of benzene rings is 1. The molecule has 3 heterocycles. The van der Waals surface area contributed by atoms with Gasteiger partial charge in [-0.1, -0.05) is 12.1 Å². The van der Waals surface area contributed by atoms with Crippen molar-refractivity contribution in [1.82, 2.24) is 30.7 Å². The van der Waals surface area contributed by atoms with E-state index in [9.17, 15) is 9.59 Å². The summed E-state index contributed by atoms with van der Waals surface area (Å²) in [5, 5.41) is 14.6. The number of carbonyl (C=O) groups excluding carboxylic acids is 2. The number of fused-ring (bicyclic) bond motifs is 1. The monoisotopic (exact) mass is 493 g/mol. The number of hydrogen-bond donors (Lipinski definition) is 2. The number of ether oxygens (including phenoxy) is 1. The summed E-state index contributed by atoms with van der Waals surface area (Å²) >= 11 is 0. The second-order valence-electron chi connectivity index (χ2n) is 10.00. The molecule has 2 N–H and O–H groups in total. The van der Waals surface area contributed by atoms with Crippen molar-refractivity contribution >= 4 is 17.8 Å². The van der Waals surface area contributed by atoms with Gasteiger partial charge in [-0.2, -0.15) is 5.10 Å². The molecule has 1 saturated carbocycles. The molecular formula is C26H35N7O3. The Hall–Kier alpha value is -3.27. The molecule has 2 aromatic rings. The van der Waals surface area contributed by atoms with Gasteiger partial charge in [-0.15, -0.1) is 5.10 Å². The molecule has 2 fully saturated rings. The Kier molecular flexibility index (Phi) is 7.60. The number of nitrogens with zero attached hydrogens (tertiary/aromatic N) is 5. The number of nitrogens with one attached hydrogen (secondary N) is 2. The molecule has 5 rings (SSSR count). The van der Waals surface area contributed by atoms with Crippen molar-refractivity contribution in [3.63, 3.8) is 0 Å². The Bertz CT molecular complexity index is 1080. The Morgan fingerprint density at radius 2 is 1.81 bits per heavy atom. The van der Waals surface area contributed by atoms with Gasteiger partial charge in [0.25, 0.3) is 0 Å². The quantitative estimate of drug-likeness (QED) is 0.623. The molecule has 10 nitrogen and oxygen atoms in total. The highest BCUT2D eigenvalue weighted by Gasteiger charge is 2.25. The molecule has 3 aliphatic rings. The molecule has 10 heteroatoms. The number of piperazine rings is 1. The predicted octanol–water partition coefficient (Wildman–Crippen LogP) is 1.55. The summed E-state index contributed by atoms with van der Waals surface area (Å²) in [6.45, 7) is 5.73. The zero-order valence-electron chi connectivity index (χ0n) is 20.9. The summed E-state index contributed by atoms with van der Waals surface area (Å²) in [4.78, 5) is 32.9. The van der Waals surface area contributed by atoms with Crippen molar-refractivity contribution in [3.05, 3.63) is 30.0 Å². The van der Waals surface area contributed by atoms with Gasteiger partial charge in [0.2, 0.25) is 17.8 Å². The van der Waals surface area contributed by atoms with Crippen LogP contribution in [0.4, 0.5) is 5.95 Å². The van der Waals surface area contributed by atoms with E-state index >= 15 is 0 Å². The SMILES string of the molecule is CC(=O)N[C@H]1CC[C@H](NC(=O)CN2CCN(c3nncc(-c4ccc5c(c4)OCCC5)n3)CC2)CC1. The third-order valence-corrected chi connectivity index (χ3v) is 7.28. The first-order chi connectivity index (χ1) is 17.5. The van der Waals surface area contributed by atoms with Crippen LogP contribution in [0.15, 0.2) is 24.4 Å². The van der Waals surface area contributed by atoms with E-state index in [2.05, 4.69) is 42.8 Å². The largest absolute Gasteiger partial charge is 0.493 e. The van der Waals surface area contributed by atoms with Crippen molar-refractivity contribution < 1.29 is 14.3 Å². The lowest BCUT2D eigenvalue weighted by molar-refractivity contribution is -0.123. The van der Waals surface area contributed by atoms with E-state index in [1.54, 1.807) is 13.1 Å². The molecule has 1 aromatic carbocycles. The minimum absolute atomic E-state index is 0.0164. The third-order valence-electron chi connectivity index (χ3n) is 7.28. The lowest BCUT2D eigenvalue weighted by atomic mass is 9.91. The minimum atomic E-state index is 0.0164. The zero-order chi connectivity index (χ0) is 24.9. The number of rotatable bonds is 6. The van der Waals surface area contributed by atoms with Crippen molar-refractivity contribution in [2.75, 3.05) is 44.2 Å². The van der Waals surface area contributed by atoms with E-state index in [0.717, 1.165) is 88.3 Å². The number of amides is 2. The first-order valence-electron chi connectivity index (χ1n) is 13.0. The highest BCUT2D eigenvalue weighted by atomic mass is 16.5. The maximum atomic E-state index is 12.6. The molecule has 0 unspecified atom stereocenters. The fraction of sp³-hybridized carbons (Fsp3) is 0.577. The van der Waals surface area contributed by atoms with Crippen molar-refractivity contribution in [1.29, 1.82) is 0 Å². The average Bonchev–Trinajstić information content (AvgIpc) is 2.90. The third kappa shape index (κ3) is 6.10. The highest BCUT2D eigenvalue weighted by Crippen LogP contribution is 2.30. The number of carbonyl (C=O) groups is 2. The van der Waals surface area contributed by atoms with Crippen molar-refractivity contribution in [2.45, 2.75) is 57.5 Å². The van der Waals surface area contributed by atoms with Gasteiger partial charge in [0.15, 0.2) is 0 Å². The average molecular weight is 494 g/mol. The summed E-state index contributed by atoms with van der Waals surface area (Å²) < 4.78 is 5.81. The number of aryl methyl sites for hydroxylation is 1. The van der Waals surface area contributed by atoms with E-state index in [0.29, 0.717) is 12.5 Å². The van der Waals surface area contributed by atoms with Crippen LogP contribution < -0.4 is 20.3 Å². The number of anilines is 1. The topological polar surface area (TPSA) is 113 Å². The van der Waals surface area contributed by atoms with Crippen LogP contribution in [0, 0.1) is 0 Å². The Morgan fingerprint density at radius 1 is 1.06 bits per heavy atom. The zero-order valence-corrected chi connectivity index (χ0v) is 20.9. The van der Waals surface area contributed by atoms with Crippen LogP contribution in [0.1, 0.15) is 44.6 Å². The standard InChI is InChI=1S/C26H35N7O3/c1-18(34)28-21-6-8-22(9-7-21)29-25(35)17-32-10-12-33(13-11-32)26-30-23(16-27-31-26)20-5-4-19-3-2-14-36-24(19)15-20/h4-5,15-16,21-22H,2-3,6-14,17H2,1H3,(H,28,34)(H,29,35)/t21-,22-. The smallest absolute Gasteiger partial charge is 0.245 e. The first-order valence-corrected chi connectivity index (χ1v) is 13.0. The maximum absolute atomic E-state index is 12.6. The predicted molar refractivity (Wildman–Crippen MR) is 136 cm³/mol. The molecule has 0 bridgehead atoms. The molecule has 36 heavy (non-hydrogen) atoms. The molecule has 2 amide bonds. The molecule has 0 atom stereocenters. The Balaban J connectivity index is 1.10. The molecule has 1 aliphatic carbocycles. The van der Waals surface area contributed by atoms with Crippen LogP contribution in [0.25, 0.3) is 11.3 Å². The molecule has 0 radical (unpaired) electrons. The van der Waals surface area contributed by atoms with E-state index in [-0.39, 0.29) is 23.9 Å². The van der Waals surface area contributed by atoms with Gasteiger partial charge < -0.3 is 20.3 Å². The summed E-state index contributed by atoms with van der Waals surface area (Å²) in [6, 6.07) is 6.67. The number of hydrogen-bond acceptors (Lipinski definition) is 8. The van der Waals surface area contributed by atoms with Crippen LogP contribution in [-0.2, 0) is 16.0 Å². The van der Waals surface area contributed by atoms with Gasteiger partial charge in [0, 0.05) is 50.7 Å². The second kappa shape index (κ2) is 11.2. The molecule has 1 aromatic heterocycles. The van der Waals surface area contributed by atoms with E-state index < -0.39 is 0 Å². The van der Waals surface area contributed by atoms with Crippen LogP contribution in [0.3, 0.4) is 0 Å². The summed E-state index contributed by atoms with van der Waals surface area (Å²) in [7, 11) is 0. The Morgan fingerprint density at radius 3 is 2.56 bits per heavy atom. The second-order valence-corrected chi connectivity index (χ2v) is 10.00. The van der Waals surface area contributed by atoms with Crippen LogP contribution in [-0.4, -0.2) is 83.3 Å². The van der Waals surface area contributed by atoms with Crippen LogP contribution in [0.2, 0.25) is 0 Å². The van der Waals surface area contributed by atoms with Crippen molar-refractivity contribution in [2.24, 2.45) is 0 Å². The molecular weight excluding hydrogens is 458 g/mol. The normalized spacial score (nSPS) is 22.3. The fourth-order valence-electron chi connectivity index (χ4n) is 5.32. The molecule has 0 spiro atoms. The maximum Gasteiger partial charge on any atom is 0.245 e. The van der Waals surface area contributed by atoms with Gasteiger partial charge in [-0.3, -0.25) is 14.5 Å². The van der Waals surface area contributed by atoms with Gasteiger partial charge in [0.05, 0.1) is 25.0 Å². The van der Waals surface area contributed by atoms with Gasteiger partial charge in [0.1, 0.15) is 5.75 Å². The molecule has 1 saturated heterocycles. The summed E-state index contributed by atoms with van der Waals surface area (Å²) in [5.41, 5.74) is 3.00. The van der Waals surface area contributed by atoms with Crippen LogP contribution in [0.5, 0.6) is 5.75 Å². The Labute approximate surface area is 211 Å². The number of aromatic nitrogens is 3. The lowest BCUT2D eigenvalue weighted by Gasteiger charge is -2.35. The molecule has 2 aliphatic heterocycles. The minimum Gasteiger partial charge on any atom is -0.493 e. The lowest BCUT2D eigenvalue weighted by Crippen LogP contribution is -2.51. The van der Waals surface area contributed by atoms with Gasteiger partial charge in [-0.25, -0.2) is 4.98 Å². The summed E-state index contributed by atoms with van der Waals surface area (Å²) in [5.74, 6) is 1.64. The van der Waals surface area contributed by atoms with Gasteiger partial charge in [-0.05, 0) is 50.2 Å². The van der Waals surface area contributed by atoms with E-state index in [1.165, 1.54) is 5.56 Å². The fourth-order valence-corrected chi connectivity index (χ4v) is 5.32. The first kappa shape index (κ1) is 24.4. The highest BCUT2D eigenvalue weighted by molar-refractivity contribution is 5.78. The van der Waals surface area contributed by atoms with Crippen molar-refractivity contribution in [3.8, 4) is 17.0 Å². The van der Waals surface area contributed by atoms with E-state index in [4.69, 9.17) is 9.72 Å². The van der Waals surface area contributed by atoms with E-state index in [1.807, 2.05) is 6.07 Å².